The van der Waals surface area contributed by atoms with Crippen LogP contribution in [0.25, 0.3) is 0 Å². The van der Waals surface area contributed by atoms with Gasteiger partial charge in [-0.05, 0) is 19.9 Å². The van der Waals surface area contributed by atoms with E-state index in [1.165, 1.54) is 0 Å². The van der Waals surface area contributed by atoms with Crippen LogP contribution in [0.2, 0.25) is 0 Å². The number of hydrogen-bond acceptors (Lipinski definition) is 4. The third-order valence-corrected chi connectivity index (χ3v) is 1.97. The molecule has 0 fully saturated rings. The predicted octanol–water partition coefficient (Wildman–Crippen LogP) is 2.08. The highest BCUT2D eigenvalue weighted by Gasteiger charge is 2.18. The predicted molar refractivity (Wildman–Crippen MR) is 55.7 cm³/mol. The van der Waals surface area contributed by atoms with E-state index < -0.39 is 24.6 Å². The molecule has 0 atom stereocenters. The largest absolute Gasteiger partial charge is 0.459 e. The van der Waals surface area contributed by atoms with Gasteiger partial charge in [0.15, 0.2) is 0 Å². The summed E-state index contributed by atoms with van der Waals surface area (Å²) in [5.74, 6) is -0.709. The Kier molecular flexibility index (Phi) is 4.51. The van der Waals surface area contributed by atoms with Crippen molar-refractivity contribution in [3.63, 3.8) is 0 Å². The minimum absolute atomic E-state index is 0.0498. The van der Waals surface area contributed by atoms with Crippen LogP contribution in [0.1, 0.15) is 41.9 Å². The van der Waals surface area contributed by atoms with Gasteiger partial charge in [-0.1, -0.05) is 0 Å². The summed E-state index contributed by atoms with van der Waals surface area (Å²) in [5, 5.41) is 8.83. The van der Waals surface area contributed by atoms with Crippen LogP contribution in [-0.4, -0.2) is 22.2 Å². The molecule has 0 radical (unpaired) electrons. The summed E-state index contributed by atoms with van der Waals surface area (Å²) in [6.07, 6.45) is -2.02. The Labute approximate surface area is 97.2 Å². The summed E-state index contributed by atoms with van der Waals surface area (Å²) in [4.78, 5) is 15.1. The van der Waals surface area contributed by atoms with Crippen LogP contribution >= 0.6 is 0 Å². The molecule has 0 saturated carbocycles. The number of ether oxygens (including phenoxy) is 1. The highest BCUT2D eigenvalue weighted by Crippen LogP contribution is 2.23. The van der Waals surface area contributed by atoms with Gasteiger partial charge in [-0.3, -0.25) is 4.98 Å². The number of nitrogens with zero attached hydrogens (tertiary/aromatic N) is 1. The lowest BCUT2D eigenvalue weighted by Gasteiger charge is -2.10. The monoisotopic (exact) mass is 245 g/mol. The quantitative estimate of drug-likeness (QED) is 0.825. The fourth-order valence-corrected chi connectivity index (χ4v) is 1.22. The zero-order valence-corrected chi connectivity index (χ0v) is 9.48. The lowest BCUT2D eigenvalue weighted by Crippen LogP contribution is -2.13. The maximum atomic E-state index is 12.6. The average Bonchev–Trinajstić information content (AvgIpc) is 2.27. The molecule has 0 aliphatic rings. The second kappa shape index (κ2) is 5.67. The van der Waals surface area contributed by atoms with E-state index in [1.807, 2.05) is 0 Å². The Morgan fingerprint density at radius 2 is 2.18 bits per heavy atom. The number of rotatable bonds is 4. The Bertz CT molecular complexity index is 408. The van der Waals surface area contributed by atoms with E-state index in [4.69, 9.17) is 9.84 Å². The highest BCUT2D eigenvalue weighted by molar-refractivity contribution is 5.89. The van der Waals surface area contributed by atoms with Gasteiger partial charge in [0, 0.05) is 11.8 Å². The van der Waals surface area contributed by atoms with Crippen molar-refractivity contribution in [1.29, 1.82) is 0 Å². The minimum atomic E-state index is -2.79. The van der Waals surface area contributed by atoms with Gasteiger partial charge in [0.05, 0.1) is 24.0 Å². The molecule has 1 aromatic rings. The van der Waals surface area contributed by atoms with Crippen LogP contribution in [0.3, 0.4) is 0 Å². The summed E-state index contributed by atoms with van der Waals surface area (Å²) in [6.45, 7) is 2.71. The van der Waals surface area contributed by atoms with Gasteiger partial charge >= 0.3 is 5.97 Å². The molecule has 4 nitrogen and oxygen atoms in total. The van der Waals surface area contributed by atoms with E-state index >= 15 is 0 Å². The van der Waals surface area contributed by atoms with Crippen LogP contribution in [0, 0.1) is 0 Å². The first kappa shape index (κ1) is 13.5. The molecule has 1 rings (SSSR count). The van der Waals surface area contributed by atoms with Crippen molar-refractivity contribution in [3.8, 4) is 0 Å². The second-order valence-corrected chi connectivity index (χ2v) is 3.67. The molecule has 0 aromatic carbocycles. The van der Waals surface area contributed by atoms with E-state index in [0.29, 0.717) is 0 Å². The van der Waals surface area contributed by atoms with Crippen molar-refractivity contribution in [3.05, 3.63) is 29.1 Å². The zero-order chi connectivity index (χ0) is 13.0. The molecule has 0 bridgehead atoms. The molecule has 1 heterocycles. The van der Waals surface area contributed by atoms with Crippen LogP contribution in [0.4, 0.5) is 8.78 Å². The molecule has 17 heavy (non-hydrogen) atoms. The standard InChI is InChI=1S/C11H13F2NO3/c1-6(2)17-11(16)7-3-8(10(12)13)9(5-15)14-4-7/h3-4,6,10,15H,5H2,1-2H3. The fraction of sp³-hybridized carbons (Fsp3) is 0.455. The Hall–Kier alpha value is -1.56. The molecule has 0 saturated heterocycles. The van der Waals surface area contributed by atoms with Crippen molar-refractivity contribution in [2.75, 3.05) is 0 Å². The average molecular weight is 245 g/mol. The molecule has 1 N–H and O–H groups in total. The summed E-state index contributed by atoms with van der Waals surface area (Å²) in [5.41, 5.74) is -0.641. The molecule has 0 aliphatic heterocycles. The molecule has 0 spiro atoms. The van der Waals surface area contributed by atoms with Crippen molar-refractivity contribution < 1.29 is 23.4 Å². The number of alkyl halides is 2. The first-order valence-electron chi connectivity index (χ1n) is 5.04. The van der Waals surface area contributed by atoms with Gasteiger partial charge < -0.3 is 9.84 Å². The molecule has 6 heteroatoms. The number of carbonyl (C=O) groups is 1. The van der Waals surface area contributed by atoms with Gasteiger partial charge in [0.25, 0.3) is 6.43 Å². The first-order valence-corrected chi connectivity index (χ1v) is 5.04. The lowest BCUT2D eigenvalue weighted by atomic mass is 10.1. The Morgan fingerprint density at radius 1 is 1.53 bits per heavy atom. The van der Waals surface area contributed by atoms with Crippen molar-refractivity contribution >= 4 is 5.97 Å². The summed E-state index contributed by atoms with van der Waals surface area (Å²) < 4.78 is 30.1. The summed E-state index contributed by atoms with van der Waals surface area (Å²) in [6, 6.07) is 0.994. The molecule has 0 unspecified atom stereocenters. The van der Waals surface area contributed by atoms with Gasteiger partial charge in [-0.2, -0.15) is 0 Å². The molecule has 0 aliphatic carbocycles. The number of aliphatic hydroxyl groups excluding tert-OH is 1. The number of hydrogen-bond donors (Lipinski definition) is 1. The minimum Gasteiger partial charge on any atom is -0.459 e. The van der Waals surface area contributed by atoms with E-state index in [1.54, 1.807) is 13.8 Å². The summed E-state index contributed by atoms with van der Waals surface area (Å²) in [7, 11) is 0. The summed E-state index contributed by atoms with van der Waals surface area (Å²) >= 11 is 0. The third kappa shape index (κ3) is 3.45. The van der Waals surface area contributed by atoms with Crippen LogP contribution in [0.15, 0.2) is 12.3 Å². The topological polar surface area (TPSA) is 59.4 Å². The van der Waals surface area contributed by atoms with Crippen molar-refractivity contribution in [2.45, 2.75) is 33.0 Å². The van der Waals surface area contributed by atoms with Crippen molar-refractivity contribution in [2.24, 2.45) is 0 Å². The second-order valence-electron chi connectivity index (χ2n) is 3.67. The van der Waals surface area contributed by atoms with Crippen molar-refractivity contribution in [1.82, 2.24) is 4.98 Å². The van der Waals surface area contributed by atoms with Crippen LogP contribution in [-0.2, 0) is 11.3 Å². The third-order valence-electron chi connectivity index (χ3n) is 1.97. The number of pyridine rings is 1. The lowest BCUT2D eigenvalue weighted by molar-refractivity contribution is 0.0376. The van der Waals surface area contributed by atoms with E-state index in [2.05, 4.69) is 4.98 Å². The molecule has 94 valence electrons. The first-order chi connectivity index (χ1) is 7.95. The van der Waals surface area contributed by atoms with Crippen LogP contribution < -0.4 is 0 Å². The number of aromatic nitrogens is 1. The Morgan fingerprint density at radius 3 is 2.65 bits per heavy atom. The number of halogens is 2. The van der Waals surface area contributed by atoms with E-state index in [9.17, 15) is 13.6 Å². The maximum Gasteiger partial charge on any atom is 0.339 e. The number of esters is 1. The highest BCUT2D eigenvalue weighted by atomic mass is 19.3. The van der Waals surface area contributed by atoms with Gasteiger partial charge in [-0.15, -0.1) is 0 Å². The number of carbonyl (C=O) groups excluding carboxylic acids is 1. The van der Waals surface area contributed by atoms with Gasteiger partial charge in [0.2, 0.25) is 0 Å². The SMILES string of the molecule is CC(C)OC(=O)c1cnc(CO)c(C(F)F)c1. The zero-order valence-electron chi connectivity index (χ0n) is 9.48. The van der Waals surface area contributed by atoms with Gasteiger partial charge in [-0.25, -0.2) is 13.6 Å². The van der Waals surface area contributed by atoms with Gasteiger partial charge in [0.1, 0.15) is 0 Å². The van der Waals surface area contributed by atoms with E-state index in [-0.39, 0.29) is 17.4 Å². The molecule has 0 amide bonds. The maximum absolute atomic E-state index is 12.6. The molecular formula is C11H13F2NO3. The number of aliphatic hydroxyl groups is 1. The van der Waals surface area contributed by atoms with E-state index in [0.717, 1.165) is 12.3 Å². The normalized spacial score (nSPS) is 11.0. The smallest absolute Gasteiger partial charge is 0.339 e. The molecular weight excluding hydrogens is 232 g/mol. The fourth-order valence-electron chi connectivity index (χ4n) is 1.22. The van der Waals surface area contributed by atoms with Crippen LogP contribution in [0.5, 0.6) is 0 Å². The molecule has 1 aromatic heterocycles. The Balaban J connectivity index is 3.03.